The highest BCUT2D eigenvalue weighted by atomic mass is 19.1. The number of aromatic amines is 1. The third kappa shape index (κ3) is 8.71. The number of benzene rings is 2. The molecule has 0 radical (unpaired) electrons. The summed E-state index contributed by atoms with van der Waals surface area (Å²) < 4.78 is 20.6. The second kappa shape index (κ2) is 14.5. The predicted octanol–water partition coefficient (Wildman–Crippen LogP) is 4.33. The molecule has 1 aromatic heterocycles. The van der Waals surface area contributed by atoms with E-state index in [1.54, 1.807) is 49.5 Å². The Labute approximate surface area is 252 Å². The van der Waals surface area contributed by atoms with Gasteiger partial charge in [-0.05, 0) is 68.3 Å². The Morgan fingerprint density at radius 2 is 1.91 bits per heavy atom. The Kier molecular flexibility index (Phi) is 10.4. The second-order valence-corrected chi connectivity index (χ2v) is 9.94. The largest absolute Gasteiger partial charge is 0.481 e. The first-order valence-electron chi connectivity index (χ1n) is 13.9. The summed E-state index contributed by atoms with van der Waals surface area (Å²) in [6.45, 7) is 3.95. The molecule has 0 spiro atoms. The molecule has 7 N–H and O–H groups in total. The number of nitrogens with one attached hydrogen (secondary N) is 6. The number of dihydropyridines is 1. The van der Waals surface area contributed by atoms with Gasteiger partial charge in [-0.1, -0.05) is 12.1 Å². The van der Waals surface area contributed by atoms with Gasteiger partial charge >= 0.3 is 12.0 Å². The van der Waals surface area contributed by atoms with Crippen molar-refractivity contribution < 1.29 is 33.4 Å². The van der Waals surface area contributed by atoms with Crippen LogP contribution in [0.4, 0.5) is 20.6 Å². The van der Waals surface area contributed by atoms with Crippen molar-refractivity contribution in [2.75, 3.05) is 17.2 Å². The number of aromatic nitrogens is 1. The fourth-order valence-electron chi connectivity index (χ4n) is 4.35. The predicted molar refractivity (Wildman–Crippen MR) is 162 cm³/mol. The minimum absolute atomic E-state index is 0.0234. The zero-order valence-corrected chi connectivity index (χ0v) is 24.1. The third-order valence-electron chi connectivity index (χ3n) is 6.48. The molecule has 0 saturated heterocycles. The van der Waals surface area contributed by atoms with E-state index in [2.05, 4.69) is 31.6 Å². The van der Waals surface area contributed by atoms with Crippen molar-refractivity contribution >= 4 is 35.2 Å². The summed E-state index contributed by atoms with van der Waals surface area (Å²) in [5.74, 6) is -2.17. The summed E-state index contributed by atoms with van der Waals surface area (Å²) in [5.41, 5.74) is 2.37. The van der Waals surface area contributed by atoms with E-state index < -0.39 is 41.7 Å². The SMILES string of the molecule is CCNC(=O)C(CCC(=O)O)NC(=O)c1c[nH]c(C2C=C(Oc3ccc(NC(=O)Nc4cccc(C)c4)c(F)c3)C=CN2)c1. The zero-order valence-electron chi connectivity index (χ0n) is 24.1. The number of rotatable bonds is 12. The molecule has 44 heavy (non-hydrogen) atoms. The monoisotopic (exact) mass is 604 g/mol. The topological polar surface area (TPSA) is 174 Å². The maximum Gasteiger partial charge on any atom is 0.323 e. The quantitative estimate of drug-likeness (QED) is 0.161. The fraction of sp³-hybridized carbons (Fsp3) is 0.226. The van der Waals surface area contributed by atoms with Crippen LogP contribution in [0.25, 0.3) is 0 Å². The van der Waals surface area contributed by atoms with E-state index in [1.807, 2.05) is 13.0 Å². The normalized spacial score (nSPS) is 14.4. The molecule has 1 aliphatic rings. The number of aryl methyl sites for hydroxylation is 1. The molecular weight excluding hydrogens is 571 g/mol. The van der Waals surface area contributed by atoms with Crippen LogP contribution in [0.5, 0.6) is 5.75 Å². The van der Waals surface area contributed by atoms with Gasteiger partial charge in [0, 0.05) is 42.8 Å². The van der Waals surface area contributed by atoms with Crippen molar-refractivity contribution in [3.05, 3.63) is 101 Å². The first-order valence-corrected chi connectivity index (χ1v) is 13.9. The van der Waals surface area contributed by atoms with Gasteiger partial charge in [0.2, 0.25) is 5.91 Å². The average Bonchev–Trinajstić information content (AvgIpc) is 3.48. The maximum absolute atomic E-state index is 14.8. The number of hydrogen-bond acceptors (Lipinski definition) is 6. The summed E-state index contributed by atoms with van der Waals surface area (Å²) >= 11 is 0. The summed E-state index contributed by atoms with van der Waals surface area (Å²) in [6, 6.07) is 10.8. The molecule has 3 aromatic rings. The van der Waals surface area contributed by atoms with Gasteiger partial charge in [0.1, 0.15) is 23.4 Å². The van der Waals surface area contributed by atoms with E-state index in [-0.39, 0.29) is 29.8 Å². The number of halogens is 1. The number of likely N-dealkylation sites (N-methyl/N-ethyl adjacent to an activating group) is 1. The van der Waals surface area contributed by atoms with E-state index in [9.17, 15) is 23.6 Å². The lowest BCUT2D eigenvalue weighted by Gasteiger charge is -2.19. The van der Waals surface area contributed by atoms with E-state index in [0.717, 1.165) is 11.6 Å². The number of carboxylic acid groups (broad SMARTS) is 1. The molecule has 4 rings (SSSR count). The van der Waals surface area contributed by atoms with E-state index in [4.69, 9.17) is 9.84 Å². The Balaban J connectivity index is 1.37. The minimum atomic E-state index is -1.07. The van der Waals surface area contributed by atoms with Crippen LogP contribution in [-0.2, 0) is 9.59 Å². The average molecular weight is 605 g/mol. The molecule has 0 aliphatic carbocycles. The lowest BCUT2D eigenvalue weighted by atomic mass is 10.1. The molecule has 2 atom stereocenters. The standard InChI is InChI=1S/C31H33FN6O6/c1-3-33-30(42)25(9-10-28(39)40)37-29(41)19-14-26(35-17-19)27-16-22(11-12-34-27)44-21-7-8-24(23(32)15-21)38-31(43)36-20-6-4-5-18(2)13-20/h4-8,11-17,25,27,34-35H,3,9-10H2,1-2H3,(H,33,42)(H,37,41)(H,39,40)(H2,36,38,43). The van der Waals surface area contributed by atoms with Crippen molar-refractivity contribution in [1.29, 1.82) is 0 Å². The highest BCUT2D eigenvalue weighted by Gasteiger charge is 2.23. The molecule has 0 fully saturated rings. The van der Waals surface area contributed by atoms with Crippen LogP contribution in [0.3, 0.4) is 0 Å². The Bertz CT molecular complexity index is 1600. The number of anilines is 2. The van der Waals surface area contributed by atoms with Crippen molar-refractivity contribution in [3.63, 3.8) is 0 Å². The molecule has 12 nitrogen and oxygen atoms in total. The molecule has 4 amide bonds. The summed E-state index contributed by atoms with van der Waals surface area (Å²) in [4.78, 5) is 51.5. The van der Waals surface area contributed by atoms with Gasteiger partial charge in [0.05, 0.1) is 17.3 Å². The van der Waals surface area contributed by atoms with Crippen LogP contribution in [0.15, 0.2) is 78.8 Å². The third-order valence-corrected chi connectivity index (χ3v) is 6.48. The highest BCUT2D eigenvalue weighted by molar-refractivity contribution is 6.00. The van der Waals surface area contributed by atoms with Gasteiger partial charge in [0.15, 0.2) is 0 Å². The van der Waals surface area contributed by atoms with E-state index in [0.29, 0.717) is 23.7 Å². The van der Waals surface area contributed by atoms with Gasteiger partial charge in [0.25, 0.3) is 5.91 Å². The van der Waals surface area contributed by atoms with Crippen LogP contribution >= 0.6 is 0 Å². The van der Waals surface area contributed by atoms with Crippen LogP contribution < -0.4 is 31.3 Å². The number of aliphatic carboxylic acids is 1. The van der Waals surface area contributed by atoms with Crippen molar-refractivity contribution in [2.45, 2.75) is 38.8 Å². The zero-order chi connectivity index (χ0) is 31.6. The van der Waals surface area contributed by atoms with Gasteiger partial charge in [-0.25, -0.2) is 9.18 Å². The molecule has 230 valence electrons. The minimum Gasteiger partial charge on any atom is -0.481 e. The molecule has 1 aliphatic heterocycles. The van der Waals surface area contributed by atoms with E-state index >= 15 is 0 Å². The van der Waals surface area contributed by atoms with E-state index in [1.165, 1.54) is 18.3 Å². The maximum atomic E-state index is 14.8. The van der Waals surface area contributed by atoms with Crippen molar-refractivity contribution in [1.82, 2.24) is 20.9 Å². The number of urea groups is 1. The number of carboxylic acids is 1. The second-order valence-electron chi connectivity index (χ2n) is 9.94. The molecule has 0 bridgehead atoms. The number of H-pyrrole nitrogens is 1. The first-order chi connectivity index (χ1) is 21.1. The van der Waals surface area contributed by atoms with Gasteiger partial charge in [-0.2, -0.15) is 0 Å². The molecule has 2 unspecified atom stereocenters. The molecule has 2 aromatic carbocycles. The first kappa shape index (κ1) is 31.3. The summed E-state index contributed by atoms with van der Waals surface area (Å²) in [7, 11) is 0. The molecule has 13 heteroatoms. The van der Waals surface area contributed by atoms with Crippen LogP contribution in [0, 0.1) is 12.7 Å². The van der Waals surface area contributed by atoms with Crippen molar-refractivity contribution in [2.24, 2.45) is 0 Å². The number of allylic oxidation sites excluding steroid dienone is 1. The van der Waals surface area contributed by atoms with Crippen molar-refractivity contribution in [3.8, 4) is 5.75 Å². The smallest absolute Gasteiger partial charge is 0.323 e. The highest BCUT2D eigenvalue weighted by Crippen LogP contribution is 2.26. The number of carbonyl (C=O) groups is 4. The number of hydrogen-bond donors (Lipinski definition) is 7. The summed E-state index contributed by atoms with van der Waals surface area (Å²) in [5, 5.41) is 22.4. The Morgan fingerprint density at radius 3 is 2.64 bits per heavy atom. The lowest BCUT2D eigenvalue weighted by molar-refractivity contribution is -0.137. The molecule has 0 saturated carbocycles. The lowest BCUT2D eigenvalue weighted by Crippen LogP contribution is -2.46. The molecular formula is C31H33FN6O6. The van der Waals surface area contributed by atoms with Gasteiger partial charge in [-0.15, -0.1) is 0 Å². The molecule has 2 heterocycles. The number of ether oxygens (including phenoxy) is 1. The number of amides is 4. The van der Waals surface area contributed by atoms with Crippen LogP contribution in [-0.4, -0.2) is 46.5 Å². The summed E-state index contributed by atoms with van der Waals surface area (Å²) in [6.07, 6.45) is 6.14. The van der Waals surface area contributed by atoms with Crippen LogP contribution in [0.1, 0.15) is 47.4 Å². The van der Waals surface area contributed by atoms with Crippen LogP contribution in [0.2, 0.25) is 0 Å². The number of carbonyl (C=O) groups excluding carboxylic acids is 3. The fourth-order valence-corrected chi connectivity index (χ4v) is 4.35. The van der Waals surface area contributed by atoms with Gasteiger partial charge < -0.3 is 41.4 Å². The Morgan fingerprint density at radius 1 is 1.09 bits per heavy atom. The Hall–Kier alpha value is -5.59. The van der Waals surface area contributed by atoms with Gasteiger partial charge in [-0.3, -0.25) is 14.4 Å².